The Balaban J connectivity index is 2.13. The number of amides is 1. The average Bonchev–Trinajstić information content (AvgIpc) is 2.40. The van der Waals surface area contributed by atoms with E-state index >= 15 is 0 Å². The lowest BCUT2D eigenvalue weighted by molar-refractivity contribution is -0.124. The molecule has 0 radical (unpaired) electrons. The van der Waals surface area contributed by atoms with Crippen molar-refractivity contribution in [3.05, 3.63) is 29.3 Å². The number of carbonyl (C=O) groups excluding carboxylic acids is 1. The molecule has 1 aromatic rings. The van der Waals surface area contributed by atoms with Crippen molar-refractivity contribution in [3.63, 3.8) is 0 Å². The Morgan fingerprint density at radius 1 is 1.40 bits per heavy atom. The molecule has 1 aliphatic rings. The molecular weight excluding hydrogens is 258 g/mol. The number of ether oxygens (including phenoxy) is 1. The van der Waals surface area contributed by atoms with Crippen molar-refractivity contribution in [1.29, 1.82) is 0 Å². The Labute approximate surface area is 117 Å². The van der Waals surface area contributed by atoms with Gasteiger partial charge in [0.25, 0.3) is 0 Å². The van der Waals surface area contributed by atoms with Gasteiger partial charge in [-0.25, -0.2) is 4.79 Å². The zero-order valence-corrected chi connectivity index (χ0v) is 11.7. The third kappa shape index (κ3) is 3.36. The van der Waals surface area contributed by atoms with E-state index < -0.39 is 5.97 Å². The summed E-state index contributed by atoms with van der Waals surface area (Å²) < 4.78 is 5.41. The van der Waals surface area contributed by atoms with Crippen LogP contribution in [-0.2, 0) is 9.53 Å². The van der Waals surface area contributed by atoms with E-state index in [1.165, 1.54) is 0 Å². The van der Waals surface area contributed by atoms with Crippen LogP contribution in [0.4, 0.5) is 5.69 Å². The first-order valence-corrected chi connectivity index (χ1v) is 6.74. The largest absolute Gasteiger partial charge is 0.478 e. The van der Waals surface area contributed by atoms with Gasteiger partial charge in [0.15, 0.2) is 0 Å². The topological polar surface area (TPSA) is 75.6 Å². The molecule has 2 atom stereocenters. The second-order valence-corrected chi connectivity index (χ2v) is 5.25. The highest BCUT2D eigenvalue weighted by atomic mass is 16.5. The van der Waals surface area contributed by atoms with Crippen LogP contribution in [0.2, 0.25) is 0 Å². The first-order valence-electron chi connectivity index (χ1n) is 6.74. The standard InChI is InChI=1S/C15H19NO4/c1-9-3-4-13(12(7-9)15(18)19)16-14(17)11-5-6-20-10(2)8-11/h3-4,7,10-11H,5-6,8H2,1-2H3,(H,16,17)(H,18,19). The predicted molar refractivity (Wildman–Crippen MR) is 74.9 cm³/mol. The van der Waals surface area contributed by atoms with Gasteiger partial charge in [-0.3, -0.25) is 4.79 Å². The number of nitrogens with one attached hydrogen (secondary N) is 1. The van der Waals surface area contributed by atoms with Gasteiger partial charge in [0.05, 0.1) is 17.4 Å². The first-order chi connectivity index (χ1) is 9.47. The van der Waals surface area contributed by atoms with Crippen LogP contribution in [0.25, 0.3) is 0 Å². The molecule has 1 aliphatic heterocycles. The van der Waals surface area contributed by atoms with E-state index in [2.05, 4.69) is 5.32 Å². The number of rotatable bonds is 3. The monoisotopic (exact) mass is 277 g/mol. The summed E-state index contributed by atoms with van der Waals surface area (Å²) in [5.41, 5.74) is 1.32. The Morgan fingerprint density at radius 3 is 2.80 bits per heavy atom. The molecule has 0 saturated carbocycles. The molecule has 1 heterocycles. The molecule has 108 valence electrons. The summed E-state index contributed by atoms with van der Waals surface area (Å²) in [5.74, 6) is -1.29. The highest BCUT2D eigenvalue weighted by Gasteiger charge is 2.26. The number of carboxylic acids is 1. The minimum Gasteiger partial charge on any atom is -0.478 e. The minimum absolute atomic E-state index is 0.0662. The first kappa shape index (κ1) is 14.5. The van der Waals surface area contributed by atoms with E-state index in [4.69, 9.17) is 4.74 Å². The van der Waals surface area contributed by atoms with E-state index in [0.29, 0.717) is 25.1 Å². The molecule has 5 heteroatoms. The number of aryl methyl sites for hydroxylation is 1. The van der Waals surface area contributed by atoms with Crippen molar-refractivity contribution in [2.24, 2.45) is 5.92 Å². The maximum absolute atomic E-state index is 12.2. The van der Waals surface area contributed by atoms with Crippen LogP contribution in [0.5, 0.6) is 0 Å². The SMILES string of the molecule is Cc1ccc(NC(=O)C2CCOC(C)C2)c(C(=O)O)c1. The zero-order chi connectivity index (χ0) is 14.7. The fourth-order valence-electron chi connectivity index (χ4n) is 2.42. The van der Waals surface area contributed by atoms with Gasteiger partial charge < -0.3 is 15.2 Å². The Morgan fingerprint density at radius 2 is 2.15 bits per heavy atom. The van der Waals surface area contributed by atoms with Gasteiger partial charge in [-0.1, -0.05) is 11.6 Å². The summed E-state index contributed by atoms with van der Waals surface area (Å²) in [6.45, 7) is 4.32. The smallest absolute Gasteiger partial charge is 0.337 e. The lowest BCUT2D eigenvalue weighted by atomic mass is 9.95. The molecule has 1 amide bonds. The third-order valence-corrected chi connectivity index (χ3v) is 3.52. The average molecular weight is 277 g/mol. The van der Waals surface area contributed by atoms with Crippen LogP contribution in [0, 0.1) is 12.8 Å². The van der Waals surface area contributed by atoms with Crippen LogP contribution < -0.4 is 5.32 Å². The summed E-state index contributed by atoms with van der Waals surface area (Å²) >= 11 is 0. The van der Waals surface area contributed by atoms with Crippen molar-refractivity contribution < 1.29 is 19.4 Å². The molecule has 0 bridgehead atoms. The predicted octanol–water partition coefficient (Wildman–Crippen LogP) is 2.45. The van der Waals surface area contributed by atoms with Gasteiger partial charge >= 0.3 is 5.97 Å². The van der Waals surface area contributed by atoms with Crippen LogP contribution >= 0.6 is 0 Å². The maximum atomic E-state index is 12.2. The number of hydrogen-bond donors (Lipinski definition) is 2. The van der Waals surface area contributed by atoms with E-state index in [1.807, 2.05) is 13.8 Å². The van der Waals surface area contributed by atoms with Crippen molar-refractivity contribution in [1.82, 2.24) is 0 Å². The van der Waals surface area contributed by atoms with Crippen molar-refractivity contribution >= 4 is 17.6 Å². The molecule has 0 aromatic heterocycles. The fourth-order valence-corrected chi connectivity index (χ4v) is 2.42. The minimum atomic E-state index is -1.04. The number of anilines is 1. The van der Waals surface area contributed by atoms with Crippen LogP contribution in [0.3, 0.4) is 0 Å². The molecule has 2 unspecified atom stereocenters. The molecule has 0 spiro atoms. The number of benzene rings is 1. The quantitative estimate of drug-likeness (QED) is 0.889. The number of hydrogen-bond acceptors (Lipinski definition) is 3. The third-order valence-electron chi connectivity index (χ3n) is 3.52. The van der Waals surface area contributed by atoms with Gasteiger partial charge in [0, 0.05) is 12.5 Å². The molecule has 1 fully saturated rings. The van der Waals surface area contributed by atoms with E-state index in [1.54, 1.807) is 18.2 Å². The number of carboxylic acid groups (broad SMARTS) is 1. The summed E-state index contributed by atoms with van der Waals surface area (Å²) in [4.78, 5) is 23.4. The summed E-state index contributed by atoms with van der Waals surface area (Å²) in [7, 11) is 0. The summed E-state index contributed by atoms with van der Waals surface area (Å²) in [6.07, 6.45) is 1.40. The highest BCUT2D eigenvalue weighted by Crippen LogP contribution is 2.23. The Bertz CT molecular complexity index is 527. The van der Waals surface area contributed by atoms with E-state index in [-0.39, 0.29) is 23.5 Å². The van der Waals surface area contributed by atoms with Gasteiger partial charge in [0.1, 0.15) is 0 Å². The van der Waals surface area contributed by atoms with Crippen LogP contribution in [0.15, 0.2) is 18.2 Å². The molecular formula is C15H19NO4. The maximum Gasteiger partial charge on any atom is 0.337 e. The van der Waals surface area contributed by atoms with E-state index in [0.717, 1.165) is 5.56 Å². The van der Waals surface area contributed by atoms with Gasteiger partial charge in [-0.05, 0) is 38.8 Å². The summed E-state index contributed by atoms with van der Waals surface area (Å²) in [5, 5.41) is 11.9. The normalized spacial score (nSPS) is 22.3. The number of aromatic carboxylic acids is 1. The second kappa shape index (κ2) is 6.05. The van der Waals surface area contributed by atoms with Gasteiger partial charge in [0.2, 0.25) is 5.91 Å². The van der Waals surface area contributed by atoms with E-state index in [9.17, 15) is 14.7 Å². The molecule has 1 aromatic carbocycles. The highest BCUT2D eigenvalue weighted by molar-refractivity contribution is 6.01. The molecule has 0 aliphatic carbocycles. The van der Waals surface area contributed by atoms with Crippen molar-refractivity contribution in [3.8, 4) is 0 Å². The van der Waals surface area contributed by atoms with Crippen LogP contribution in [0.1, 0.15) is 35.7 Å². The van der Waals surface area contributed by atoms with Gasteiger partial charge in [-0.15, -0.1) is 0 Å². The lowest BCUT2D eigenvalue weighted by Gasteiger charge is -2.26. The van der Waals surface area contributed by atoms with Crippen molar-refractivity contribution in [2.75, 3.05) is 11.9 Å². The zero-order valence-electron chi connectivity index (χ0n) is 11.7. The molecule has 5 nitrogen and oxygen atoms in total. The molecule has 20 heavy (non-hydrogen) atoms. The lowest BCUT2D eigenvalue weighted by Crippen LogP contribution is -2.32. The second-order valence-electron chi connectivity index (χ2n) is 5.25. The summed E-state index contributed by atoms with van der Waals surface area (Å²) in [6, 6.07) is 4.98. The number of carbonyl (C=O) groups is 2. The van der Waals surface area contributed by atoms with Crippen molar-refractivity contribution in [2.45, 2.75) is 32.8 Å². The van der Waals surface area contributed by atoms with Gasteiger partial charge in [-0.2, -0.15) is 0 Å². The fraction of sp³-hybridized carbons (Fsp3) is 0.467. The van der Waals surface area contributed by atoms with Crippen LogP contribution in [-0.4, -0.2) is 29.7 Å². The molecule has 2 rings (SSSR count). The molecule has 2 N–H and O–H groups in total. The Kier molecular flexibility index (Phi) is 4.39. The Hall–Kier alpha value is -1.88. The molecule has 1 saturated heterocycles.